The Kier molecular flexibility index (Phi) is 2.75. The summed E-state index contributed by atoms with van der Waals surface area (Å²) in [5.41, 5.74) is 2.39. The third kappa shape index (κ3) is 1.97. The molecule has 0 radical (unpaired) electrons. The Morgan fingerprint density at radius 2 is 2.25 bits per heavy atom. The Hall–Kier alpha value is -1.30. The lowest BCUT2D eigenvalue weighted by atomic mass is 10.1. The third-order valence-corrected chi connectivity index (χ3v) is 3.86. The number of fused-ring (bicyclic) bond motifs is 1. The Balaban J connectivity index is 2.52. The first-order valence-corrected chi connectivity index (χ1v) is 7.01. The summed E-state index contributed by atoms with van der Waals surface area (Å²) in [7, 11) is -1.41. The van der Waals surface area contributed by atoms with Gasteiger partial charge in [0.05, 0.1) is 29.5 Å². The van der Waals surface area contributed by atoms with E-state index in [2.05, 4.69) is 10.3 Å². The first-order chi connectivity index (χ1) is 7.52. The molecule has 0 fully saturated rings. The number of aryl methyl sites for hydroxylation is 1. The largest absolute Gasteiger partial charge is 0.387 e. The maximum Gasteiger partial charge on any atom is 0.232 e. The quantitative estimate of drug-likeness (QED) is 0.833. The molecule has 16 heavy (non-hydrogen) atoms. The second-order valence-corrected chi connectivity index (χ2v) is 5.79. The molecule has 2 heterocycles. The van der Waals surface area contributed by atoms with E-state index in [-0.39, 0.29) is 0 Å². The van der Waals surface area contributed by atoms with Crippen molar-refractivity contribution in [3.05, 3.63) is 18.0 Å². The van der Waals surface area contributed by atoms with Crippen molar-refractivity contribution in [3.8, 4) is 0 Å². The third-order valence-electron chi connectivity index (χ3n) is 2.68. The Morgan fingerprint density at radius 1 is 1.50 bits per heavy atom. The molecule has 0 aliphatic carbocycles. The van der Waals surface area contributed by atoms with E-state index in [4.69, 9.17) is 0 Å². The van der Waals surface area contributed by atoms with Crippen LogP contribution >= 0.6 is 0 Å². The zero-order valence-electron chi connectivity index (χ0n) is 9.40. The van der Waals surface area contributed by atoms with Crippen LogP contribution in [0.2, 0.25) is 0 Å². The number of nitrogens with one attached hydrogen (secondary N) is 1. The summed E-state index contributed by atoms with van der Waals surface area (Å²) in [6.07, 6.45) is 4.62. The van der Waals surface area contributed by atoms with Gasteiger partial charge in [-0.1, -0.05) is 0 Å². The molecule has 2 rings (SSSR count). The van der Waals surface area contributed by atoms with Gasteiger partial charge in [-0.2, -0.15) is 0 Å². The second-order valence-electron chi connectivity index (χ2n) is 3.88. The molecule has 1 aromatic heterocycles. The Bertz CT molecular complexity index is 499. The van der Waals surface area contributed by atoms with Gasteiger partial charge in [0, 0.05) is 13.6 Å². The predicted octanol–water partition coefficient (Wildman–Crippen LogP) is 0.835. The van der Waals surface area contributed by atoms with E-state index in [0.717, 1.165) is 24.2 Å². The van der Waals surface area contributed by atoms with Crippen molar-refractivity contribution in [2.24, 2.45) is 0 Å². The molecule has 1 N–H and O–H groups in total. The molecule has 0 aromatic carbocycles. The standard InChI is InChI=1S/C10H15N3O2S/c1-11-8-6-10-9(12-7-8)4-3-5-13(10)16(2,14)15/h6-7,11H,3-5H2,1-2H3. The second kappa shape index (κ2) is 3.93. The minimum Gasteiger partial charge on any atom is -0.387 e. The van der Waals surface area contributed by atoms with Crippen molar-refractivity contribution in [3.63, 3.8) is 0 Å². The molecule has 1 aliphatic heterocycles. The molecule has 1 aliphatic rings. The first-order valence-electron chi connectivity index (χ1n) is 5.17. The predicted molar refractivity (Wildman–Crippen MR) is 64.3 cm³/mol. The maximum atomic E-state index is 11.6. The summed E-state index contributed by atoms with van der Waals surface area (Å²) in [5, 5.41) is 2.97. The Morgan fingerprint density at radius 3 is 2.88 bits per heavy atom. The van der Waals surface area contributed by atoms with Crippen LogP contribution in [0, 0.1) is 0 Å². The fourth-order valence-electron chi connectivity index (χ4n) is 1.88. The van der Waals surface area contributed by atoms with Gasteiger partial charge in [-0.3, -0.25) is 9.29 Å². The molecule has 0 unspecified atom stereocenters. The van der Waals surface area contributed by atoms with Crippen LogP contribution in [0.5, 0.6) is 0 Å². The minimum atomic E-state index is -3.20. The molecule has 1 aromatic rings. The molecule has 6 heteroatoms. The van der Waals surface area contributed by atoms with Gasteiger partial charge in [0.15, 0.2) is 0 Å². The van der Waals surface area contributed by atoms with Gasteiger partial charge in [0.1, 0.15) is 0 Å². The van der Waals surface area contributed by atoms with Crippen LogP contribution in [0.1, 0.15) is 12.1 Å². The number of anilines is 2. The number of nitrogens with zero attached hydrogens (tertiary/aromatic N) is 2. The molecular weight excluding hydrogens is 226 g/mol. The number of pyridine rings is 1. The van der Waals surface area contributed by atoms with Crippen LogP contribution in [-0.2, 0) is 16.4 Å². The van der Waals surface area contributed by atoms with Crippen molar-refractivity contribution in [1.29, 1.82) is 0 Å². The van der Waals surface area contributed by atoms with Crippen LogP contribution in [0.15, 0.2) is 12.3 Å². The highest BCUT2D eigenvalue weighted by molar-refractivity contribution is 7.92. The summed E-state index contributed by atoms with van der Waals surface area (Å²) in [5.74, 6) is 0. The van der Waals surface area contributed by atoms with Crippen LogP contribution in [0.4, 0.5) is 11.4 Å². The summed E-state index contributed by atoms with van der Waals surface area (Å²) in [4.78, 5) is 4.29. The molecule has 0 saturated carbocycles. The van der Waals surface area contributed by atoms with E-state index in [0.29, 0.717) is 12.2 Å². The lowest BCUT2D eigenvalue weighted by molar-refractivity contribution is 0.591. The molecule has 0 bridgehead atoms. The number of sulfonamides is 1. The number of hydrogen-bond donors (Lipinski definition) is 1. The van der Waals surface area contributed by atoms with E-state index in [1.165, 1.54) is 10.6 Å². The lowest BCUT2D eigenvalue weighted by Crippen LogP contribution is -2.35. The van der Waals surface area contributed by atoms with E-state index in [9.17, 15) is 8.42 Å². The molecule has 0 amide bonds. The summed E-state index contributed by atoms with van der Waals surface area (Å²) >= 11 is 0. The van der Waals surface area contributed by atoms with Gasteiger partial charge in [-0.25, -0.2) is 8.42 Å². The van der Waals surface area contributed by atoms with Crippen molar-refractivity contribution in [2.75, 3.05) is 29.5 Å². The summed E-state index contributed by atoms with van der Waals surface area (Å²) in [6, 6.07) is 1.84. The van der Waals surface area contributed by atoms with Crippen LogP contribution in [0.25, 0.3) is 0 Å². The van der Waals surface area contributed by atoms with Gasteiger partial charge in [-0.15, -0.1) is 0 Å². The van der Waals surface area contributed by atoms with Gasteiger partial charge >= 0.3 is 0 Å². The molecule has 0 atom stereocenters. The van der Waals surface area contributed by atoms with Gasteiger partial charge in [-0.05, 0) is 18.9 Å². The zero-order chi connectivity index (χ0) is 11.8. The molecule has 0 spiro atoms. The highest BCUT2D eigenvalue weighted by Crippen LogP contribution is 2.29. The Labute approximate surface area is 95.5 Å². The van der Waals surface area contributed by atoms with E-state index in [1.807, 2.05) is 6.07 Å². The fourth-order valence-corrected chi connectivity index (χ4v) is 2.86. The normalized spacial score (nSPS) is 15.8. The molecule has 5 nitrogen and oxygen atoms in total. The monoisotopic (exact) mass is 241 g/mol. The van der Waals surface area contributed by atoms with Crippen LogP contribution in [-0.4, -0.2) is 33.2 Å². The summed E-state index contributed by atoms with van der Waals surface area (Å²) in [6.45, 7) is 0.542. The van der Waals surface area contributed by atoms with Crippen molar-refractivity contribution in [1.82, 2.24) is 4.98 Å². The number of aromatic nitrogens is 1. The maximum absolute atomic E-state index is 11.6. The smallest absolute Gasteiger partial charge is 0.232 e. The molecular formula is C10H15N3O2S. The average Bonchev–Trinajstić information content (AvgIpc) is 2.26. The molecule has 0 saturated heterocycles. The lowest BCUT2D eigenvalue weighted by Gasteiger charge is -2.28. The van der Waals surface area contributed by atoms with Crippen LogP contribution in [0.3, 0.4) is 0 Å². The van der Waals surface area contributed by atoms with Crippen molar-refractivity contribution < 1.29 is 8.42 Å². The van der Waals surface area contributed by atoms with Crippen molar-refractivity contribution >= 4 is 21.4 Å². The molecule has 88 valence electrons. The fraction of sp³-hybridized carbons (Fsp3) is 0.500. The number of rotatable bonds is 2. The highest BCUT2D eigenvalue weighted by Gasteiger charge is 2.24. The zero-order valence-corrected chi connectivity index (χ0v) is 10.2. The minimum absolute atomic E-state index is 0.542. The van der Waals surface area contributed by atoms with Gasteiger partial charge in [0.2, 0.25) is 10.0 Å². The van der Waals surface area contributed by atoms with E-state index in [1.54, 1.807) is 13.2 Å². The van der Waals surface area contributed by atoms with Crippen molar-refractivity contribution in [2.45, 2.75) is 12.8 Å². The topological polar surface area (TPSA) is 62.3 Å². The number of hydrogen-bond acceptors (Lipinski definition) is 4. The van der Waals surface area contributed by atoms with Gasteiger partial charge < -0.3 is 5.32 Å². The first kappa shape index (κ1) is 11.2. The summed E-state index contributed by atoms with van der Waals surface area (Å²) < 4.78 is 24.7. The van der Waals surface area contributed by atoms with Crippen LogP contribution < -0.4 is 9.62 Å². The highest BCUT2D eigenvalue weighted by atomic mass is 32.2. The van der Waals surface area contributed by atoms with E-state index < -0.39 is 10.0 Å². The van der Waals surface area contributed by atoms with E-state index >= 15 is 0 Å². The average molecular weight is 241 g/mol. The SMILES string of the molecule is CNc1cnc2c(c1)N(S(C)(=O)=O)CCC2. The van der Waals surface area contributed by atoms with Gasteiger partial charge in [0.25, 0.3) is 0 Å².